The fourth-order valence-electron chi connectivity index (χ4n) is 2.00. The van der Waals surface area contributed by atoms with Crippen LogP contribution in [0.2, 0.25) is 0 Å². The van der Waals surface area contributed by atoms with Crippen molar-refractivity contribution in [2.24, 2.45) is 0 Å². The molecule has 1 rings (SSSR count). The van der Waals surface area contributed by atoms with Crippen molar-refractivity contribution in [1.29, 1.82) is 0 Å². The molecule has 3 amide bonds. The molecule has 0 fully saturated rings. The molecule has 1 aromatic rings. The lowest BCUT2D eigenvalue weighted by molar-refractivity contribution is 0.0527. The van der Waals surface area contributed by atoms with Crippen LogP contribution in [-0.4, -0.2) is 42.0 Å². The molecule has 0 aliphatic carbocycles. The highest BCUT2D eigenvalue weighted by atomic mass is 32.2. The van der Waals surface area contributed by atoms with Gasteiger partial charge in [-0.15, -0.1) is 0 Å². The number of rotatable bonds is 7. The van der Waals surface area contributed by atoms with E-state index in [9.17, 15) is 14.4 Å². The van der Waals surface area contributed by atoms with Gasteiger partial charge in [-0.2, -0.15) is 0 Å². The molecule has 0 bridgehead atoms. The van der Waals surface area contributed by atoms with Crippen molar-refractivity contribution < 1.29 is 19.1 Å². The van der Waals surface area contributed by atoms with Crippen molar-refractivity contribution >= 4 is 29.0 Å². The molecule has 0 spiro atoms. The molecular formula is C19H29N3O4S. The van der Waals surface area contributed by atoms with Crippen LogP contribution >= 0.6 is 11.8 Å². The summed E-state index contributed by atoms with van der Waals surface area (Å²) in [5.74, 6) is -0.257. The highest BCUT2D eigenvalue weighted by Crippen LogP contribution is 2.23. The Kier molecular flexibility index (Phi) is 9.14. The molecule has 0 atom stereocenters. The molecule has 150 valence electrons. The van der Waals surface area contributed by atoms with Crippen molar-refractivity contribution in [3.63, 3.8) is 0 Å². The minimum atomic E-state index is -0.540. The van der Waals surface area contributed by atoms with Gasteiger partial charge < -0.3 is 20.7 Å². The fourth-order valence-corrected chi connectivity index (χ4v) is 2.91. The maximum atomic E-state index is 12.4. The van der Waals surface area contributed by atoms with Crippen LogP contribution in [0, 0.1) is 0 Å². The lowest BCUT2D eigenvalue weighted by Gasteiger charge is -2.19. The Balaban J connectivity index is 2.45. The Morgan fingerprint density at radius 3 is 2.33 bits per heavy atom. The van der Waals surface area contributed by atoms with Crippen LogP contribution in [0.25, 0.3) is 0 Å². The summed E-state index contributed by atoms with van der Waals surface area (Å²) in [6, 6.07) is 6.99. The number of alkyl carbamates (subject to hydrolysis) is 1. The molecule has 8 heteroatoms. The van der Waals surface area contributed by atoms with Crippen molar-refractivity contribution in [2.45, 2.75) is 57.6 Å². The van der Waals surface area contributed by atoms with Gasteiger partial charge in [-0.3, -0.25) is 9.59 Å². The van der Waals surface area contributed by atoms with Gasteiger partial charge in [0.1, 0.15) is 5.60 Å². The van der Waals surface area contributed by atoms with Crippen LogP contribution in [-0.2, 0) is 4.74 Å². The first-order chi connectivity index (χ1) is 12.6. The van der Waals surface area contributed by atoms with Crippen LogP contribution in [0.3, 0.4) is 0 Å². The number of carbonyl (C=O) groups is 3. The van der Waals surface area contributed by atoms with E-state index in [4.69, 9.17) is 4.74 Å². The zero-order chi connectivity index (χ0) is 20.4. The van der Waals surface area contributed by atoms with Gasteiger partial charge in [0.05, 0.1) is 5.56 Å². The van der Waals surface area contributed by atoms with Gasteiger partial charge in [0.15, 0.2) is 0 Å². The van der Waals surface area contributed by atoms with Gasteiger partial charge in [-0.1, -0.05) is 12.1 Å². The van der Waals surface area contributed by atoms with Gasteiger partial charge >= 0.3 is 6.09 Å². The van der Waals surface area contributed by atoms with E-state index in [0.717, 1.165) is 11.8 Å². The number of carbonyl (C=O) groups excluding carboxylic acids is 3. The number of thioether (sulfide) groups is 1. The summed E-state index contributed by atoms with van der Waals surface area (Å²) in [6.07, 6.45) is 0.0837. The highest BCUT2D eigenvalue weighted by Gasteiger charge is 2.16. The van der Waals surface area contributed by atoms with Crippen LogP contribution in [0.1, 0.15) is 51.4 Å². The Morgan fingerprint density at radius 1 is 1.07 bits per heavy atom. The largest absolute Gasteiger partial charge is 0.444 e. The van der Waals surface area contributed by atoms with Crippen LogP contribution in [0.15, 0.2) is 29.2 Å². The van der Waals surface area contributed by atoms with Crippen molar-refractivity contribution in [1.82, 2.24) is 16.0 Å². The van der Waals surface area contributed by atoms with E-state index in [-0.39, 0.29) is 17.2 Å². The average molecular weight is 396 g/mol. The van der Waals surface area contributed by atoms with E-state index in [1.54, 1.807) is 45.0 Å². The minimum absolute atomic E-state index is 0.0310. The average Bonchev–Trinajstić information content (AvgIpc) is 2.52. The van der Waals surface area contributed by atoms with Gasteiger partial charge in [0.2, 0.25) is 0 Å². The van der Waals surface area contributed by atoms with Crippen LogP contribution < -0.4 is 16.0 Å². The van der Waals surface area contributed by atoms with Gasteiger partial charge in [-0.05, 0) is 64.9 Å². The normalized spacial score (nSPS) is 11.0. The Hall–Kier alpha value is -2.22. The van der Waals surface area contributed by atoms with Crippen molar-refractivity contribution in [3.8, 4) is 0 Å². The number of hydrogen-bond donors (Lipinski definition) is 3. The summed E-state index contributed by atoms with van der Waals surface area (Å²) in [4.78, 5) is 36.5. The number of hydrogen-bond acceptors (Lipinski definition) is 5. The van der Waals surface area contributed by atoms with E-state index in [0.29, 0.717) is 30.0 Å². The molecule has 0 heterocycles. The molecule has 1 aromatic carbocycles. The monoisotopic (exact) mass is 395 g/mol. The second-order valence-corrected chi connectivity index (χ2v) is 8.24. The molecular weight excluding hydrogens is 366 g/mol. The number of ether oxygens (including phenoxy) is 1. The number of nitrogens with one attached hydrogen (secondary N) is 3. The molecule has 0 aliphatic rings. The van der Waals surface area contributed by atoms with E-state index in [1.807, 2.05) is 13.8 Å². The Bertz CT molecular complexity index is 657. The second kappa shape index (κ2) is 10.8. The third-order valence-corrected chi connectivity index (χ3v) is 3.93. The lowest BCUT2D eigenvalue weighted by atomic mass is 10.2. The smallest absolute Gasteiger partial charge is 0.407 e. The van der Waals surface area contributed by atoms with Crippen LogP contribution in [0.5, 0.6) is 0 Å². The zero-order valence-corrected chi connectivity index (χ0v) is 17.4. The minimum Gasteiger partial charge on any atom is -0.444 e. The maximum Gasteiger partial charge on any atom is 0.407 e. The molecule has 0 unspecified atom stereocenters. The zero-order valence-electron chi connectivity index (χ0n) is 16.5. The molecule has 27 heavy (non-hydrogen) atoms. The summed E-state index contributed by atoms with van der Waals surface area (Å²) in [5, 5.41) is 8.02. The summed E-state index contributed by atoms with van der Waals surface area (Å²) in [5.41, 5.74) is -0.0943. The van der Waals surface area contributed by atoms with E-state index in [1.165, 1.54) is 0 Å². The summed E-state index contributed by atoms with van der Waals surface area (Å²) >= 11 is 0.995. The van der Waals surface area contributed by atoms with Gasteiger partial charge in [0, 0.05) is 24.0 Å². The fraction of sp³-hybridized carbons (Fsp3) is 0.526. The topological polar surface area (TPSA) is 96.5 Å². The first-order valence-corrected chi connectivity index (χ1v) is 9.72. The predicted molar refractivity (Wildman–Crippen MR) is 107 cm³/mol. The molecule has 0 aliphatic heterocycles. The number of benzene rings is 1. The molecule has 0 saturated carbocycles. The summed E-state index contributed by atoms with van der Waals surface area (Å²) < 4.78 is 5.14. The Morgan fingerprint density at radius 2 is 1.70 bits per heavy atom. The quantitative estimate of drug-likeness (QED) is 0.485. The SMILES string of the molecule is CC(C)NC(=O)Sc1ccccc1C(=O)NCCCNC(=O)OC(C)(C)C. The van der Waals surface area contributed by atoms with E-state index >= 15 is 0 Å². The van der Waals surface area contributed by atoms with Crippen molar-refractivity contribution in [2.75, 3.05) is 13.1 Å². The molecule has 3 N–H and O–H groups in total. The highest BCUT2D eigenvalue weighted by molar-refractivity contribution is 8.13. The predicted octanol–water partition coefficient (Wildman–Crippen LogP) is 3.54. The third-order valence-electron chi connectivity index (χ3n) is 3.05. The molecule has 0 saturated heterocycles. The maximum absolute atomic E-state index is 12.4. The van der Waals surface area contributed by atoms with E-state index in [2.05, 4.69) is 16.0 Å². The van der Waals surface area contributed by atoms with Crippen molar-refractivity contribution in [3.05, 3.63) is 29.8 Å². The first kappa shape index (κ1) is 22.8. The standard InChI is InChI=1S/C19H29N3O4S/c1-13(2)22-18(25)27-15-10-7-6-9-14(15)16(23)20-11-8-12-21-17(24)26-19(3,4)5/h6-7,9-10,13H,8,11-12H2,1-5H3,(H,20,23)(H,21,24)(H,22,25). The van der Waals surface area contributed by atoms with Gasteiger partial charge in [-0.25, -0.2) is 4.79 Å². The third kappa shape index (κ3) is 9.89. The van der Waals surface area contributed by atoms with Gasteiger partial charge in [0.25, 0.3) is 11.1 Å². The first-order valence-electron chi connectivity index (χ1n) is 8.91. The molecule has 0 aromatic heterocycles. The Labute approximate surface area is 165 Å². The van der Waals surface area contributed by atoms with Crippen LogP contribution in [0.4, 0.5) is 9.59 Å². The summed E-state index contributed by atoms with van der Waals surface area (Å²) in [6.45, 7) is 9.93. The molecule has 0 radical (unpaired) electrons. The number of amides is 3. The lowest BCUT2D eigenvalue weighted by Crippen LogP contribution is -2.34. The second-order valence-electron chi connectivity index (χ2n) is 7.22. The summed E-state index contributed by atoms with van der Waals surface area (Å²) in [7, 11) is 0. The molecule has 7 nitrogen and oxygen atoms in total. The van der Waals surface area contributed by atoms with E-state index < -0.39 is 11.7 Å².